The molecule has 2 nitrogen and oxygen atoms in total. The van der Waals surface area contributed by atoms with Gasteiger partial charge in [-0.3, -0.25) is 4.79 Å². The van der Waals surface area contributed by atoms with Gasteiger partial charge in [0, 0.05) is 5.56 Å². The summed E-state index contributed by atoms with van der Waals surface area (Å²) < 4.78 is 44.6. The third-order valence-electron chi connectivity index (χ3n) is 3.02. The Morgan fingerprint density at radius 3 is 2.43 bits per heavy atom. The van der Waals surface area contributed by atoms with Gasteiger partial charge < -0.3 is 4.74 Å². The number of aryl methyl sites for hydroxylation is 1. The molecule has 110 valence electrons. The fourth-order valence-corrected chi connectivity index (χ4v) is 1.95. The summed E-state index contributed by atoms with van der Waals surface area (Å²) in [4.78, 5) is 10.6. The SMILES string of the molecule is CCc1ccccc1Oc1ccc(C=O)cc1C(F)(F)F. The molecule has 0 aromatic heterocycles. The van der Waals surface area contributed by atoms with E-state index in [-0.39, 0.29) is 11.3 Å². The number of carbonyl (C=O) groups excluding carboxylic acids is 1. The average molecular weight is 294 g/mol. The molecule has 21 heavy (non-hydrogen) atoms. The van der Waals surface area contributed by atoms with E-state index in [1.54, 1.807) is 24.3 Å². The average Bonchev–Trinajstić information content (AvgIpc) is 2.47. The van der Waals surface area contributed by atoms with Crippen molar-refractivity contribution in [3.05, 3.63) is 59.2 Å². The van der Waals surface area contributed by atoms with Crippen molar-refractivity contribution in [1.82, 2.24) is 0 Å². The van der Waals surface area contributed by atoms with Gasteiger partial charge in [-0.05, 0) is 36.2 Å². The Hall–Kier alpha value is -2.30. The van der Waals surface area contributed by atoms with Crippen molar-refractivity contribution in [1.29, 1.82) is 0 Å². The number of rotatable bonds is 4. The molecule has 0 unspecified atom stereocenters. The van der Waals surface area contributed by atoms with Crippen molar-refractivity contribution in [2.24, 2.45) is 0 Å². The van der Waals surface area contributed by atoms with Crippen LogP contribution in [0.5, 0.6) is 11.5 Å². The maximum absolute atomic E-state index is 13.1. The summed E-state index contributed by atoms with van der Waals surface area (Å²) in [6.07, 6.45) is -3.57. The zero-order valence-electron chi connectivity index (χ0n) is 11.3. The van der Waals surface area contributed by atoms with Crippen molar-refractivity contribution < 1.29 is 22.7 Å². The van der Waals surface area contributed by atoms with Gasteiger partial charge in [-0.15, -0.1) is 0 Å². The molecule has 0 bridgehead atoms. The van der Waals surface area contributed by atoms with E-state index in [2.05, 4.69) is 0 Å². The minimum absolute atomic E-state index is 0.0431. The Morgan fingerprint density at radius 2 is 1.81 bits per heavy atom. The first-order chi connectivity index (χ1) is 9.95. The molecule has 2 aromatic rings. The predicted molar refractivity (Wildman–Crippen MR) is 72.7 cm³/mol. The second-order valence-electron chi connectivity index (χ2n) is 4.43. The van der Waals surface area contributed by atoms with Gasteiger partial charge in [-0.1, -0.05) is 25.1 Å². The van der Waals surface area contributed by atoms with Crippen LogP contribution >= 0.6 is 0 Å². The number of ether oxygens (including phenoxy) is 1. The minimum Gasteiger partial charge on any atom is -0.456 e. The molecule has 0 aliphatic rings. The lowest BCUT2D eigenvalue weighted by Gasteiger charge is -2.15. The van der Waals surface area contributed by atoms with Crippen LogP contribution in [0.25, 0.3) is 0 Å². The summed E-state index contributed by atoms with van der Waals surface area (Å²) in [5.41, 5.74) is -0.193. The maximum atomic E-state index is 13.1. The maximum Gasteiger partial charge on any atom is 0.420 e. The van der Waals surface area contributed by atoms with Crippen molar-refractivity contribution in [2.45, 2.75) is 19.5 Å². The molecule has 5 heteroatoms. The summed E-state index contributed by atoms with van der Waals surface area (Å²) in [5, 5.41) is 0. The number of alkyl halides is 3. The molecule has 2 rings (SSSR count). The normalized spacial score (nSPS) is 11.2. The Labute approximate surface area is 120 Å². The van der Waals surface area contributed by atoms with Gasteiger partial charge in [-0.2, -0.15) is 13.2 Å². The zero-order chi connectivity index (χ0) is 15.5. The molecule has 0 heterocycles. The molecule has 0 saturated heterocycles. The molecular formula is C16H13F3O2. The highest BCUT2D eigenvalue weighted by molar-refractivity contribution is 5.75. The first-order valence-corrected chi connectivity index (χ1v) is 6.38. The van der Waals surface area contributed by atoms with E-state index in [1.807, 2.05) is 6.92 Å². The van der Waals surface area contributed by atoms with Crippen molar-refractivity contribution in [3.63, 3.8) is 0 Å². The lowest BCUT2D eigenvalue weighted by molar-refractivity contribution is -0.138. The smallest absolute Gasteiger partial charge is 0.420 e. The van der Waals surface area contributed by atoms with E-state index in [9.17, 15) is 18.0 Å². The molecule has 0 fully saturated rings. The summed E-state index contributed by atoms with van der Waals surface area (Å²) in [7, 11) is 0. The van der Waals surface area contributed by atoms with Gasteiger partial charge >= 0.3 is 6.18 Å². The lowest BCUT2D eigenvalue weighted by atomic mass is 10.1. The number of halogens is 3. The molecule has 0 spiro atoms. The van der Waals surface area contributed by atoms with Crippen molar-refractivity contribution in [3.8, 4) is 11.5 Å². The van der Waals surface area contributed by atoms with Crippen LogP contribution in [0.1, 0.15) is 28.4 Å². The van der Waals surface area contributed by atoms with Crippen LogP contribution in [0.15, 0.2) is 42.5 Å². The van der Waals surface area contributed by atoms with E-state index in [0.717, 1.165) is 11.6 Å². The van der Waals surface area contributed by atoms with Gasteiger partial charge in [0.05, 0.1) is 5.56 Å². The fraction of sp³-hybridized carbons (Fsp3) is 0.188. The monoisotopic (exact) mass is 294 g/mol. The molecule has 0 saturated carbocycles. The predicted octanol–water partition coefficient (Wildman–Crippen LogP) is 4.87. The van der Waals surface area contributed by atoms with Gasteiger partial charge in [0.1, 0.15) is 17.8 Å². The first-order valence-electron chi connectivity index (χ1n) is 6.38. The van der Waals surface area contributed by atoms with Crippen molar-refractivity contribution >= 4 is 6.29 Å². The second kappa shape index (κ2) is 5.99. The third-order valence-corrected chi connectivity index (χ3v) is 3.02. The van der Waals surface area contributed by atoms with E-state index in [0.29, 0.717) is 18.5 Å². The van der Waals surface area contributed by atoms with Crippen molar-refractivity contribution in [2.75, 3.05) is 0 Å². The number of hydrogen-bond acceptors (Lipinski definition) is 2. The Kier molecular flexibility index (Phi) is 4.31. The van der Waals surface area contributed by atoms with Crippen LogP contribution in [-0.2, 0) is 12.6 Å². The fourth-order valence-electron chi connectivity index (χ4n) is 1.95. The zero-order valence-corrected chi connectivity index (χ0v) is 11.3. The summed E-state index contributed by atoms with van der Waals surface area (Å²) in [5.74, 6) is 0.0679. The molecule has 0 amide bonds. The third kappa shape index (κ3) is 3.42. The van der Waals surface area contributed by atoms with Crippen LogP contribution in [0, 0.1) is 0 Å². The van der Waals surface area contributed by atoms with Crippen LogP contribution in [-0.4, -0.2) is 6.29 Å². The highest BCUT2D eigenvalue weighted by Gasteiger charge is 2.35. The number of benzene rings is 2. The van der Waals surface area contributed by atoms with Crippen LogP contribution in [0.2, 0.25) is 0 Å². The molecular weight excluding hydrogens is 281 g/mol. The molecule has 0 radical (unpaired) electrons. The largest absolute Gasteiger partial charge is 0.456 e. The van der Waals surface area contributed by atoms with Gasteiger partial charge in [0.2, 0.25) is 0 Å². The van der Waals surface area contributed by atoms with E-state index < -0.39 is 11.7 Å². The number of para-hydroxylation sites is 1. The molecule has 2 aromatic carbocycles. The molecule has 0 aliphatic heterocycles. The Bertz CT molecular complexity index is 648. The highest BCUT2D eigenvalue weighted by atomic mass is 19.4. The Balaban J connectivity index is 2.46. The second-order valence-corrected chi connectivity index (χ2v) is 4.43. The molecule has 0 atom stereocenters. The van der Waals surface area contributed by atoms with Crippen LogP contribution in [0.3, 0.4) is 0 Å². The number of aldehydes is 1. The van der Waals surface area contributed by atoms with Gasteiger partial charge in [0.15, 0.2) is 0 Å². The molecule has 0 aliphatic carbocycles. The van der Waals surface area contributed by atoms with E-state index in [1.165, 1.54) is 12.1 Å². The summed E-state index contributed by atoms with van der Waals surface area (Å²) >= 11 is 0. The Morgan fingerprint density at radius 1 is 1.10 bits per heavy atom. The minimum atomic E-state index is -4.59. The topological polar surface area (TPSA) is 26.3 Å². The van der Waals surface area contributed by atoms with Gasteiger partial charge in [0.25, 0.3) is 0 Å². The van der Waals surface area contributed by atoms with Gasteiger partial charge in [-0.25, -0.2) is 0 Å². The first kappa shape index (κ1) is 15.1. The molecule has 0 N–H and O–H groups in total. The van der Waals surface area contributed by atoms with Crippen LogP contribution < -0.4 is 4.74 Å². The quantitative estimate of drug-likeness (QED) is 0.752. The number of hydrogen-bond donors (Lipinski definition) is 0. The number of carbonyl (C=O) groups is 1. The summed E-state index contributed by atoms with van der Waals surface area (Å²) in [6, 6.07) is 10.2. The van der Waals surface area contributed by atoms with Crippen LogP contribution in [0.4, 0.5) is 13.2 Å². The van der Waals surface area contributed by atoms with E-state index >= 15 is 0 Å². The highest BCUT2D eigenvalue weighted by Crippen LogP contribution is 2.39. The standard InChI is InChI=1S/C16H13F3O2/c1-2-12-5-3-4-6-14(12)21-15-8-7-11(10-20)9-13(15)16(17,18)19/h3-10H,2H2,1H3. The summed E-state index contributed by atoms with van der Waals surface area (Å²) in [6.45, 7) is 1.89. The lowest BCUT2D eigenvalue weighted by Crippen LogP contribution is -2.08. The van der Waals surface area contributed by atoms with E-state index in [4.69, 9.17) is 4.74 Å².